The maximum atomic E-state index is 12.6. The zero-order chi connectivity index (χ0) is 15.7. The van der Waals surface area contributed by atoms with E-state index in [4.69, 9.17) is 11.6 Å². The van der Waals surface area contributed by atoms with E-state index in [2.05, 4.69) is 5.32 Å². The maximum Gasteiger partial charge on any atom is 0.292 e. The zero-order valence-electron chi connectivity index (χ0n) is 12.8. The second kappa shape index (κ2) is 6.39. The molecule has 1 aliphatic heterocycles. The first kappa shape index (κ1) is 15.5. The molecule has 0 radical (unpaired) electrons. The van der Waals surface area contributed by atoms with Crippen LogP contribution < -0.4 is 10.2 Å². The summed E-state index contributed by atoms with van der Waals surface area (Å²) in [5, 5.41) is 2.70. The lowest BCUT2D eigenvalue weighted by Crippen LogP contribution is -2.96. The van der Waals surface area contributed by atoms with Gasteiger partial charge in [-0.25, -0.2) is 4.90 Å². The topological polar surface area (TPSA) is 54.0 Å². The number of nitrogens with zero attached hydrogens (tertiary/aromatic N) is 1. The summed E-state index contributed by atoms with van der Waals surface area (Å²) in [6, 6.07) is 5.55. The molecule has 0 aromatic heterocycles. The molecule has 1 saturated heterocycles. The number of aryl methyl sites for hydroxylation is 1. The second-order valence-electron chi connectivity index (χ2n) is 6.40. The van der Waals surface area contributed by atoms with Gasteiger partial charge in [0.2, 0.25) is 5.91 Å². The molecule has 2 amide bonds. The quantitative estimate of drug-likeness (QED) is 0.868. The van der Waals surface area contributed by atoms with Crippen molar-refractivity contribution in [3.63, 3.8) is 0 Å². The van der Waals surface area contributed by atoms with E-state index in [9.17, 15) is 9.59 Å². The Morgan fingerprint density at radius 3 is 2.59 bits per heavy atom. The average Bonchev–Trinajstić information content (AvgIpc) is 2.78. The van der Waals surface area contributed by atoms with Crippen LogP contribution in [0, 0.1) is 6.92 Å². The van der Waals surface area contributed by atoms with Gasteiger partial charge >= 0.3 is 0 Å². The van der Waals surface area contributed by atoms with Gasteiger partial charge in [-0.15, -0.1) is 0 Å². The van der Waals surface area contributed by atoms with Crippen molar-refractivity contribution in [2.45, 2.75) is 57.5 Å². The number of hydrogen-bond acceptors (Lipinski definition) is 2. The number of quaternary nitrogens is 1. The van der Waals surface area contributed by atoms with Gasteiger partial charge < -0.3 is 5.32 Å². The van der Waals surface area contributed by atoms with Crippen molar-refractivity contribution in [2.75, 3.05) is 4.90 Å². The first-order valence-electron chi connectivity index (χ1n) is 8.04. The van der Waals surface area contributed by atoms with Crippen molar-refractivity contribution in [1.29, 1.82) is 0 Å². The van der Waals surface area contributed by atoms with E-state index in [0.29, 0.717) is 23.2 Å². The minimum absolute atomic E-state index is 0.101. The van der Waals surface area contributed by atoms with E-state index < -0.39 is 0 Å². The number of halogens is 1. The van der Waals surface area contributed by atoms with Gasteiger partial charge in [0.1, 0.15) is 0 Å². The van der Waals surface area contributed by atoms with Crippen LogP contribution >= 0.6 is 11.6 Å². The normalized spacial score (nSPS) is 23.4. The molecule has 118 valence electrons. The Morgan fingerprint density at radius 1 is 1.18 bits per heavy atom. The van der Waals surface area contributed by atoms with Crippen molar-refractivity contribution in [3.8, 4) is 0 Å². The SMILES string of the molecule is Cc1ccc(N2C(=O)C[C@H]([NH2+]C3CCCCC3)C2=O)cc1Cl. The standard InChI is InChI=1S/C17H21ClN2O2/c1-11-7-8-13(9-14(11)18)20-16(21)10-15(17(20)22)19-12-5-3-2-4-6-12/h7-9,12,15,19H,2-6,10H2,1H3/p+1/t15-/m0/s1. The van der Waals surface area contributed by atoms with Crippen molar-refractivity contribution in [2.24, 2.45) is 0 Å². The molecular weight excluding hydrogens is 300 g/mol. The summed E-state index contributed by atoms with van der Waals surface area (Å²) < 4.78 is 0. The Balaban J connectivity index is 1.74. The van der Waals surface area contributed by atoms with Gasteiger partial charge in [-0.2, -0.15) is 0 Å². The smallest absolute Gasteiger partial charge is 0.292 e. The van der Waals surface area contributed by atoms with Gasteiger partial charge in [-0.3, -0.25) is 9.59 Å². The van der Waals surface area contributed by atoms with E-state index >= 15 is 0 Å². The molecule has 0 spiro atoms. The Bertz CT molecular complexity index is 596. The van der Waals surface area contributed by atoms with E-state index in [1.807, 2.05) is 13.0 Å². The Labute approximate surface area is 135 Å². The number of amides is 2. The van der Waals surface area contributed by atoms with Crippen LogP contribution in [0.25, 0.3) is 0 Å². The highest BCUT2D eigenvalue weighted by Gasteiger charge is 2.43. The van der Waals surface area contributed by atoms with Crippen LogP contribution in [0.4, 0.5) is 5.69 Å². The Kier molecular flexibility index (Phi) is 4.50. The largest absolute Gasteiger partial charge is 0.333 e. The van der Waals surface area contributed by atoms with Gasteiger partial charge in [0.15, 0.2) is 6.04 Å². The molecule has 1 heterocycles. The number of benzene rings is 1. The van der Waals surface area contributed by atoms with Crippen LogP contribution in [0.15, 0.2) is 18.2 Å². The van der Waals surface area contributed by atoms with Crippen molar-refractivity contribution in [3.05, 3.63) is 28.8 Å². The molecule has 1 aliphatic carbocycles. The monoisotopic (exact) mass is 321 g/mol. The molecule has 2 N–H and O–H groups in total. The summed E-state index contributed by atoms with van der Waals surface area (Å²) in [4.78, 5) is 26.2. The highest BCUT2D eigenvalue weighted by atomic mass is 35.5. The summed E-state index contributed by atoms with van der Waals surface area (Å²) >= 11 is 6.12. The highest BCUT2D eigenvalue weighted by Crippen LogP contribution is 2.27. The summed E-state index contributed by atoms with van der Waals surface area (Å²) in [6.45, 7) is 1.90. The van der Waals surface area contributed by atoms with Crippen molar-refractivity contribution < 1.29 is 14.9 Å². The van der Waals surface area contributed by atoms with Crippen LogP contribution in [0.2, 0.25) is 5.02 Å². The minimum Gasteiger partial charge on any atom is -0.333 e. The van der Waals surface area contributed by atoms with Gasteiger partial charge in [-0.1, -0.05) is 24.1 Å². The molecule has 4 nitrogen and oxygen atoms in total. The first-order valence-corrected chi connectivity index (χ1v) is 8.42. The van der Waals surface area contributed by atoms with Gasteiger partial charge in [0.05, 0.1) is 18.2 Å². The van der Waals surface area contributed by atoms with Crippen LogP contribution in [0.3, 0.4) is 0 Å². The van der Waals surface area contributed by atoms with Gasteiger partial charge in [0, 0.05) is 5.02 Å². The van der Waals surface area contributed by atoms with Crippen molar-refractivity contribution in [1.82, 2.24) is 0 Å². The molecule has 5 heteroatoms. The lowest BCUT2D eigenvalue weighted by atomic mass is 9.95. The third-order valence-corrected chi connectivity index (χ3v) is 5.16. The van der Waals surface area contributed by atoms with Crippen LogP contribution in [-0.4, -0.2) is 23.9 Å². The maximum absolute atomic E-state index is 12.6. The number of hydrogen-bond donors (Lipinski definition) is 1. The molecule has 2 aliphatic rings. The average molecular weight is 322 g/mol. The third-order valence-electron chi connectivity index (χ3n) is 4.75. The summed E-state index contributed by atoms with van der Waals surface area (Å²) in [7, 11) is 0. The van der Waals surface area contributed by atoms with Gasteiger partial charge in [-0.05, 0) is 50.3 Å². The number of carbonyl (C=O) groups is 2. The molecular formula is C17H22ClN2O2+. The number of imide groups is 1. The number of anilines is 1. The van der Waals surface area contributed by atoms with Crippen molar-refractivity contribution >= 4 is 29.1 Å². The summed E-state index contributed by atoms with van der Waals surface area (Å²) in [5.41, 5.74) is 1.53. The Hall–Kier alpha value is -1.39. The first-order chi connectivity index (χ1) is 10.6. The molecule has 0 bridgehead atoms. The molecule has 3 rings (SSSR count). The van der Waals surface area contributed by atoms with Gasteiger partial charge in [0.25, 0.3) is 5.91 Å². The fourth-order valence-corrected chi connectivity index (χ4v) is 3.63. The highest BCUT2D eigenvalue weighted by molar-refractivity contribution is 6.32. The zero-order valence-corrected chi connectivity index (χ0v) is 13.6. The van der Waals surface area contributed by atoms with E-state index in [-0.39, 0.29) is 17.9 Å². The van der Waals surface area contributed by atoms with E-state index in [1.54, 1.807) is 12.1 Å². The predicted octanol–water partition coefficient (Wildman–Crippen LogP) is 2.18. The third kappa shape index (κ3) is 3.03. The Morgan fingerprint density at radius 2 is 1.91 bits per heavy atom. The predicted molar refractivity (Wildman–Crippen MR) is 85.9 cm³/mol. The minimum atomic E-state index is -0.268. The summed E-state index contributed by atoms with van der Waals surface area (Å²) in [5.74, 6) is -0.225. The fourth-order valence-electron chi connectivity index (χ4n) is 3.45. The molecule has 0 unspecified atom stereocenters. The molecule has 1 aromatic rings. The van der Waals surface area contributed by atoms with Crippen LogP contribution in [0.5, 0.6) is 0 Å². The molecule has 22 heavy (non-hydrogen) atoms. The lowest BCUT2D eigenvalue weighted by molar-refractivity contribution is -0.710. The number of carbonyl (C=O) groups excluding carboxylic acids is 2. The van der Waals surface area contributed by atoms with Crippen LogP contribution in [-0.2, 0) is 9.59 Å². The van der Waals surface area contributed by atoms with Crippen LogP contribution in [0.1, 0.15) is 44.1 Å². The molecule has 1 saturated carbocycles. The molecule has 1 atom stereocenters. The number of nitrogens with two attached hydrogens (primary N) is 1. The van der Waals surface area contributed by atoms with E-state index in [0.717, 1.165) is 18.4 Å². The molecule has 1 aromatic carbocycles. The van der Waals surface area contributed by atoms with E-state index in [1.165, 1.54) is 24.2 Å². The fraction of sp³-hybridized carbons (Fsp3) is 0.529. The molecule has 2 fully saturated rings. The number of rotatable bonds is 3. The lowest BCUT2D eigenvalue weighted by Gasteiger charge is -2.22. The summed E-state index contributed by atoms with van der Waals surface area (Å²) in [6.07, 6.45) is 6.33. The second-order valence-corrected chi connectivity index (χ2v) is 6.81.